The minimum absolute atomic E-state index is 0.0386. The number of primary sulfonamides is 1. The van der Waals surface area contributed by atoms with Gasteiger partial charge in [-0.3, -0.25) is 0 Å². The molecule has 6 heteroatoms. The van der Waals surface area contributed by atoms with Crippen molar-refractivity contribution in [3.05, 3.63) is 17.7 Å². The van der Waals surface area contributed by atoms with Crippen molar-refractivity contribution in [2.24, 2.45) is 5.14 Å². The van der Waals surface area contributed by atoms with Gasteiger partial charge in [-0.1, -0.05) is 0 Å². The van der Waals surface area contributed by atoms with Gasteiger partial charge in [0.25, 0.3) is 0 Å². The molecule has 2 N–H and O–H groups in total. The van der Waals surface area contributed by atoms with Gasteiger partial charge in [-0.15, -0.1) is 0 Å². The normalized spacial score (nSPS) is 11.2. The van der Waals surface area contributed by atoms with Gasteiger partial charge in [-0.2, -0.15) is 0 Å². The monoisotopic (exact) mass is 231 g/mol. The number of sulfonamides is 1. The minimum Gasteiger partial charge on any atom is -0.496 e. The van der Waals surface area contributed by atoms with E-state index >= 15 is 0 Å². The SMILES string of the molecule is COc1cc(OC)c(S(N)(=O)=O)cc1C. The second-order valence-corrected chi connectivity index (χ2v) is 4.55. The number of nitrogens with two attached hydrogens (primary N) is 1. The molecule has 5 nitrogen and oxygen atoms in total. The van der Waals surface area contributed by atoms with Gasteiger partial charge in [0.1, 0.15) is 16.4 Å². The highest BCUT2D eigenvalue weighted by molar-refractivity contribution is 7.89. The van der Waals surface area contributed by atoms with Crippen molar-refractivity contribution in [3.8, 4) is 11.5 Å². The van der Waals surface area contributed by atoms with E-state index in [0.29, 0.717) is 11.3 Å². The van der Waals surface area contributed by atoms with E-state index in [1.54, 1.807) is 6.92 Å². The van der Waals surface area contributed by atoms with E-state index in [2.05, 4.69) is 0 Å². The summed E-state index contributed by atoms with van der Waals surface area (Å²) < 4.78 is 32.4. The molecule has 0 saturated heterocycles. The molecule has 0 unspecified atom stereocenters. The van der Waals surface area contributed by atoms with E-state index in [1.807, 2.05) is 0 Å². The molecule has 0 aliphatic heterocycles. The zero-order valence-electron chi connectivity index (χ0n) is 8.77. The maximum absolute atomic E-state index is 11.2. The maximum atomic E-state index is 11.2. The lowest BCUT2D eigenvalue weighted by Gasteiger charge is -2.11. The Morgan fingerprint density at radius 1 is 1.13 bits per heavy atom. The highest BCUT2D eigenvalue weighted by atomic mass is 32.2. The summed E-state index contributed by atoms with van der Waals surface area (Å²) in [5, 5.41) is 5.04. The van der Waals surface area contributed by atoms with Gasteiger partial charge in [-0.05, 0) is 18.6 Å². The smallest absolute Gasteiger partial charge is 0.241 e. The summed E-state index contributed by atoms with van der Waals surface area (Å²) in [6, 6.07) is 2.92. The Morgan fingerprint density at radius 2 is 1.67 bits per heavy atom. The summed E-state index contributed by atoms with van der Waals surface area (Å²) in [6.45, 7) is 1.73. The van der Waals surface area contributed by atoms with Crippen LogP contribution in [0, 0.1) is 6.92 Å². The Hall–Kier alpha value is -1.27. The van der Waals surface area contributed by atoms with Gasteiger partial charge in [0.05, 0.1) is 14.2 Å². The first kappa shape index (κ1) is 11.8. The average Bonchev–Trinajstić information content (AvgIpc) is 2.16. The molecule has 0 heterocycles. The lowest BCUT2D eigenvalue weighted by molar-refractivity contribution is 0.384. The number of benzene rings is 1. The molecule has 0 saturated carbocycles. The van der Waals surface area contributed by atoms with E-state index < -0.39 is 10.0 Å². The number of rotatable bonds is 3. The van der Waals surface area contributed by atoms with E-state index in [1.165, 1.54) is 26.4 Å². The number of ether oxygens (including phenoxy) is 2. The molecule has 0 atom stereocenters. The number of hydrogen-bond donors (Lipinski definition) is 1. The standard InChI is InChI=1S/C9H13NO4S/c1-6-4-9(15(10,11)12)8(14-3)5-7(6)13-2/h4-5H,1-3H3,(H2,10,11,12). The van der Waals surface area contributed by atoms with Crippen LogP contribution in [0.3, 0.4) is 0 Å². The molecule has 0 aromatic heterocycles. The van der Waals surface area contributed by atoms with E-state index in [0.717, 1.165) is 0 Å². The Morgan fingerprint density at radius 3 is 2.07 bits per heavy atom. The topological polar surface area (TPSA) is 78.6 Å². The molecule has 1 aromatic rings. The van der Waals surface area contributed by atoms with Crippen LogP contribution in [-0.2, 0) is 10.0 Å². The van der Waals surface area contributed by atoms with Crippen LogP contribution < -0.4 is 14.6 Å². The Kier molecular flexibility index (Phi) is 3.21. The number of aryl methyl sites for hydroxylation is 1. The van der Waals surface area contributed by atoms with Crippen LogP contribution in [0.4, 0.5) is 0 Å². The zero-order chi connectivity index (χ0) is 11.6. The summed E-state index contributed by atoms with van der Waals surface area (Å²) in [7, 11) is -0.901. The Balaban J connectivity index is 3.48. The Bertz CT molecular complexity index is 467. The van der Waals surface area contributed by atoms with Gasteiger partial charge in [0, 0.05) is 6.07 Å². The lowest BCUT2D eigenvalue weighted by atomic mass is 10.2. The quantitative estimate of drug-likeness (QED) is 0.828. The Labute approximate surface area is 88.9 Å². The lowest BCUT2D eigenvalue weighted by Crippen LogP contribution is -2.13. The molecule has 1 rings (SSSR count). The highest BCUT2D eigenvalue weighted by Gasteiger charge is 2.17. The summed E-state index contributed by atoms with van der Waals surface area (Å²) in [5.74, 6) is 0.735. The third kappa shape index (κ3) is 2.40. The molecule has 1 aromatic carbocycles. The predicted molar refractivity (Wildman–Crippen MR) is 55.7 cm³/mol. The fourth-order valence-electron chi connectivity index (χ4n) is 1.24. The van der Waals surface area contributed by atoms with Crippen LogP contribution in [0.25, 0.3) is 0 Å². The third-order valence-electron chi connectivity index (χ3n) is 1.99. The first-order valence-electron chi connectivity index (χ1n) is 4.15. The van der Waals surface area contributed by atoms with Crippen LogP contribution in [-0.4, -0.2) is 22.6 Å². The average molecular weight is 231 g/mol. The predicted octanol–water partition coefficient (Wildman–Crippen LogP) is 0.660. The highest BCUT2D eigenvalue weighted by Crippen LogP contribution is 2.30. The molecule has 0 aliphatic carbocycles. The summed E-state index contributed by atoms with van der Waals surface area (Å²) in [5.41, 5.74) is 0.683. The zero-order valence-corrected chi connectivity index (χ0v) is 9.59. The van der Waals surface area contributed by atoms with Crippen molar-refractivity contribution >= 4 is 10.0 Å². The van der Waals surface area contributed by atoms with Crippen molar-refractivity contribution in [1.82, 2.24) is 0 Å². The molecular formula is C9H13NO4S. The first-order chi connectivity index (χ1) is 6.90. The maximum Gasteiger partial charge on any atom is 0.241 e. The molecule has 84 valence electrons. The van der Waals surface area contributed by atoms with E-state index in [-0.39, 0.29) is 10.6 Å². The second kappa shape index (κ2) is 4.08. The van der Waals surface area contributed by atoms with Crippen LogP contribution in [0.2, 0.25) is 0 Å². The summed E-state index contributed by atoms with van der Waals surface area (Å²) >= 11 is 0. The van der Waals surface area contributed by atoms with Gasteiger partial charge >= 0.3 is 0 Å². The molecule has 0 aliphatic rings. The minimum atomic E-state index is -3.77. The fourth-order valence-corrected chi connectivity index (χ4v) is 2.01. The van der Waals surface area contributed by atoms with Gasteiger partial charge < -0.3 is 9.47 Å². The number of hydrogen-bond acceptors (Lipinski definition) is 4. The van der Waals surface area contributed by atoms with E-state index in [9.17, 15) is 8.42 Å². The van der Waals surface area contributed by atoms with Gasteiger partial charge in [-0.25, -0.2) is 13.6 Å². The summed E-state index contributed by atoms with van der Waals surface area (Å²) in [6.07, 6.45) is 0. The van der Waals surface area contributed by atoms with Crippen molar-refractivity contribution in [2.45, 2.75) is 11.8 Å². The van der Waals surface area contributed by atoms with Crippen molar-refractivity contribution in [2.75, 3.05) is 14.2 Å². The molecular weight excluding hydrogens is 218 g/mol. The molecule has 0 radical (unpaired) electrons. The molecule has 0 fully saturated rings. The van der Waals surface area contributed by atoms with Gasteiger partial charge in [0.2, 0.25) is 10.0 Å². The van der Waals surface area contributed by atoms with Crippen molar-refractivity contribution < 1.29 is 17.9 Å². The van der Waals surface area contributed by atoms with Crippen LogP contribution in [0.15, 0.2) is 17.0 Å². The first-order valence-corrected chi connectivity index (χ1v) is 5.70. The largest absolute Gasteiger partial charge is 0.496 e. The molecule has 0 amide bonds. The summed E-state index contributed by atoms with van der Waals surface area (Å²) in [4.78, 5) is -0.0386. The number of methoxy groups -OCH3 is 2. The van der Waals surface area contributed by atoms with Crippen LogP contribution in [0.5, 0.6) is 11.5 Å². The van der Waals surface area contributed by atoms with Crippen LogP contribution in [0.1, 0.15) is 5.56 Å². The van der Waals surface area contributed by atoms with E-state index in [4.69, 9.17) is 14.6 Å². The second-order valence-electron chi connectivity index (χ2n) is 3.02. The fraction of sp³-hybridized carbons (Fsp3) is 0.333. The third-order valence-corrected chi connectivity index (χ3v) is 2.92. The van der Waals surface area contributed by atoms with Crippen molar-refractivity contribution in [3.63, 3.8) is 0 Å². The molecule has 15 heavy (non-hydrogen) atoms. The van der Waals surface area contributed by atoms with Crippen LogP contribution >= 0.6 is 0 Å². The van der Waals surface area contributed by atoms with Gasteiger partial charge in [0.15, 0.2) is 0 Å². The molecule has 0 bridgehead atoms. The van der Waals surface area contributed by atoms with Crippen molar-refractivity contribution in [1.29, 1.82) is 0 Å². The molecule has 0 spiro atoms.